The van der Waals surface area contributed by atoms with Crippen molar-refractivity contribution in [1.29, 1.82) is 0 Å². The molecule has 0 saturated heterocycles. The average molecular weight is 384 g/mol. The predicted octanol–water partition coefficient (Wildman–Crippen LogP) is 2.45. The molecule has 0 aliphatic carbocycles. The minimum Gasteiger partial charge on any atom is -0.464 e. The van der Waals surface area contributed by atoms with Gasteiger partial charge in [0.15, 0.2) is 0 Å². The number of aromatic nitrogens is 3. The fourth-order valence-corrected chi connectivity index (χ4v) is 3.11. The monoisotopic (exact) mass is 384 g/mol. The zero-order valence-corrected chi connectivity index (χ0v) is 16.5. The minimum absolute atomic E-state index is 0.0825. The molecular weight excluding hydrogens is 360 g/mol. The second-order valence-electron chi connectivity index (χ2n) is 7.05. The summed E-state index contributed by atoms with van der Waals surface area (Å²) in [7, 11) is 0. The topological polar surface area (TPSA) is 101 Å². The van der Waals surface area contributed by atoms with Gasteiger partial charge in [-0.2, -0.15) is 0 Å². The first kappa shape index (κ1) is 19.6. The first-order valence-electron chi connectivity index (χ1n) is 9.31. The van der Waals surface area contributed by atoms with Crippen LogP contribution in [0.25, 0.3) is 11.0 Å². The Labute approximate surface area is 161 Å². The van der Waals surface area contributed by atoms with E-state index in [9.17, 15) is 14.4 Å². The van der Waals surface area contributed by atoms with Crippen molar-refractivity contribution in [3.63, 3.8) is 0 Å². The van der Waals surface area contributed by atoms with Crippen molar-refractivity contribution < 1.29 is 9.21 Å². The molecule has 0 unspecified atom stereocenters. The fraction of sp³-hybridized carbons (Fsp3) is 0.400. The standard InChI is InChI=1S/C20H24N4O4/c1-5-8-23-17-16(18(25)22-20(23)27)9-14(10-21-17)19(26)24(12(2)3)11-15-7-6-13(4)28-15/h6-7,9-10,12H,5,8,11H2,1-4H3,(H,22,25,27). The number of H-pyrrole nitrogens is 1. The molecule has 0 atom stereocenters. The third kappa shape index (κ3) is 3.76. The molecule has 8 heteroatoms. The number of nitrogens with zero attached hydrogens (tertiary/aromatic N) is 3. The first-order chi connectivity index (χ1) is 13.3. The molecule has 0 aromatic carbocycles. The average Bonchev–Trinajstić information content (AvgIpc) is 3.07. The highest BCUT2D eigenvalue weighted by Crippen LogP contribution is 2.17. The van der Waals surface area contributed by atoms with Gasteiger partial charge in [-0.25, -0.2) is 9.78 Å². The smallest absolute Gasteiger partial charge is 0.329 e. The number of aryl methyl sites for hydroxylation is 2. The lowest BCUT2D eigenvalue weighted by atomic mass is 10.1. The van der Waals surface area contributed by atoms with Crippen molar-refractivity contribution in [2.24, 2.45) is 0 Å². The van der Waals surface area contributed by atoms with Crippen LogP contribution in [0.5, 0.6) is 0 Å². The van der Waals surface area contributed by atoms with Crippen LogP contribution < -0.4 is 11.2 Å². The summed E-state index contributed by atoms with van der Waals surface area (Å²) in [5.74, 6) is 1.20. The quantitative estimate of drug-likeness (QED) is 0.703. The van der Waals surface area contributed by atoms with Crippen LogP contribution in [0.15, 0.2) is 38.4 Å². The Kier molecular flexibility index (Phi) is 5.48. The van der Waals surface area contributed by atoms with E-state index < -0.39 is 11.2 Å². The maximum atomic E-state index is 13.1. The van der Waals surface area contributed by atoms with Gasteiger partial charge in [0, 0.05) is 18.8 Å². The van der Waals surface area contributed by atoms with Crippen LogP contribution in [0.3, 0.4) is 0 Å². The molecule has 0 radical (unpaired) electrons. The Hall–Kier alpha value is -3.16. The number of pyridine rings is 1. The number of fused-ring (bicyclic) bond motifs is 1. The number of carbonyl (C=O) groups excluding carboxylic acids is 1. The SMILES string of the molecule is CCCn1c(=O)[nH]c(=O)c2cc(C(=O)N(Cc3ccc(C)o3)C(C)C)cnc21. The van der Waals surface area contributed by atoms with Gasteiger partial charge in [0.2, 0.25) is 0 Å². The van der Waals surface area contributed by atoms with Gasteiger partial charge in [-0.1, -0.05) is 6.92 Å². The van der Waals surface area contributed by atoms with Crippen molar-refractivity contribution in [3.8, 4) is 0 Å². The molecule has 3 rings (SSSR count). The Morgan fingerprint density at radius 1 is 1.32 bits per heavy atom. The van der Waals surface area contributed by atoms with Crippen LogP contribution in [-0.2, 0) is 13.1 Å². The van der Waals surface area contributed by atoms with E-state index in [2.05, 4.69) is 9.97 Å². The first-order valence-corrected chi connectivity index (χ1v) is 9.31. The molecule has 0 fully saturated rings. The van der Waals surface area contributed by atoms with Crippen LogP contribution in [0.1, 0.15) is 49.1 Å². The van der Waals surface area contributed by atoms with Crippen molar-refractivity contribution >= 4 is 16.9 Å². The Balaban J connectivity index is 2.02. The number of aromatic amines is 1. The van der Waals surface area contributed by atoms with Crippen LogP contribution in [0.2, 0.25) is 0 Å². The van der Waals surface area contributed by atoms with Gasteiger partial charge < -0.3 is 9.32 Å². The van der Waals surface area contributed by atoms with Crippen molar-refractivity contribution in [2.75, 3.05) is 0 Å². The lowest BCUT2D eigenvalue weighted by molar-refractivity contribution is 0.0675. The zero-order chi connectivity index (χ0) is 20.4. The lowest BCUT2D eigenvalue weighted by Crippen LogP contribution is -2.36. The second kappa shape index (κ2) is 7.84. The number of nitrogens with one attached hydrogen (secondary N) is 1. The molecule has 3 heterocycles. The van der Waals surface area contributed by atoms with E-state index in [1.54, 1.807) is 4.90 Å². The molecule has 8 nitrogen and oxygen atoms in total. The predicted molar refractivity (Wildman–Crippen MR) is 105 cm³/mol. The van der Waals surface area contributed by atoms with Gasteiger partial charge in [0.05, 0.1) is 17.5 Å². The summed E-state index contributed by atoms with van der Waals surface area (Å²) in [5.41, 5.74) is -0.475. The molecule has 0 aliphatic heterocycles. The highest BCUT2D eigenvalue weighted by molar-refractivity contribution is 5.96. The summed E-state index contributed by atoms with van der Waals surface area (Å²) < 4.78 is 7.01. The van der Waals surface area contributed by atoms with E-state index in [0.29, 0.717) is 25.3 Å². The molecule has 28 heavy (non-hydrogen) atoms. The number of amides is 1. The van der Waals surface area contributed by atoms with Crippen molar-refractivity contribution in [3.05, 3.63) is 62.3 Å². The zero-order valence-electron chi connectivity index (χ0n) is 16.5. The summed E-state index contributed by atoms with van der Waals surface area (Å²) in [5, 5.41) is 0.219. The largest absolute Gasteiger partial charge is 0.464 e. The number of hydrogen-bond donors (Lipinski definition) is 1. The molecule has 0 spiro atoms. The number of furan rings is 1. The van der Waals surface area contributed by atoms with E-state index in [-0.39, 0.29) is 28.5 Å². The number of rotatable bonds is 6. The maximum Gasteiger partial charge on any atom is 0.329 e. The summed E-state index contributed by atoms with van der Waals surface area (Å²) in [4.78, 5) is 45.6. The summed E-state index contributed by atoms with van der Waals surface area (Å²) in [6, 6.07) is 5.10. The molecule has 148 valence electrons. The van der Waals surface area contributed by atoms with Crippen molar-refractivity contribution in [2.45, 2.75) is 53.2 Å². The fourth-order valence-electron chi connectivity index (χ4n) is 3.11. The molecule has 0 saturated carbocycles. The molecule has 0 aliphatic rings. The molecule has 3 aromatic heterocycles. The molecule has 1 N–H and O–H groups in total. The van der Waals surface area contributed by atoms with Crippen molar-refractivity contribution in [1.82, 2.24) is 19.4 Å². The van der Waals surface area contributed by atoms with E-state index >= 15 is 0 Å². The Morgan fingerprint density at radius 2 is 2.07 bits per heavy atom. The summed E-state index contributed by atoms with van der Waals surface area (Å²) in [6.45, 7) is 8.34. The minimum atomic E-state index is -0.549. The van der Waals surface area contributed by atoms with Crippen LogP contribution in [0, 0.1) is 6.92 Å². The van der Waals surface area contributed by atoms with Gasteiger partial charge in [-0.3, -0.25) is 19.1 Å². The highest BCUT2D eigenvalue weighted by atomic mass is 16.3. The molecule has 3 aromatic rings. The van der Waals surface area contributed by atoms with E-state index in [1.807, 2.05) is 39.8 Å². The molecule has 0 bridgehead atoms. The number of hydrogen-bond acceptors (Lipinski definition) is 5. The molecular formula is C20H24N4O4. The second-order valence-corrected chi connectivity index (χ2v) is 7.05. The lowest BCUT2D eigenvalue weighted by Gasteiger charge is -2.26. The summed E-state index contributed by atoms with van der Waals surface area (Å²) >= 11 is 0. The molecule has 1 amide bonds. The van der Waals surface area contributed by atoms with Gasteiger partial charge in [0.1, 0.15) is 17.2 Å². The van der Waals surface area contributed by atoms with Gasteiger partial charge in [-0.15, -0.1) is 0 Å². The van der Waals surface area contributed by atoms with Gasteiger partial charge >= 0.3 is 5.69 Å². The Bertz CT molecular complexity index is 1120. The third-order valence-corrected chi connectivity index (χ3v) is 4.53. The summed E-state index contributed by atoms with van der Waals surface area (Å²) in [6.07, 6.45) is 2.13. The van der Waals surface area contributed by atoms with Crippen LogP contribution in [0.4, 0.5) is 0 Å². The Morgan fingerprint density at radius 3 is 2.68 bits per heavy atom. The van der Waals surface area contributed by atoms with E-state index in [1.165, 1.54) is 16.8 Å². The highest BCUT2D eigenvalue weighted by Gasteiger charge is 2.22. The van der Waals surface area contributed by atoms with Gasteiger partial charge in [-0.05, 0) is 45.4 Å². The maximum absolute atomic E-state index is 13.1. The normalized spacial score (nSPS) is 11.3. The van der Waals surface area contributed by atoms with Crippen LogP contribution >= 0.6 is 0 Å². The van der Waals surface area contributed by atoms with Crippen LogP contribution in [-0.4, -0.2) is 31.4 Å². The van der Waals surface area contributed by atoms with E-state index in [0.717, 1.165) is 5.76 Å². The number of carbonyl (C=O) groups is 1. The van der Waals surface area contributed by atoms with E-state index in [4.69, 9.17) is 4.42 Å². The third-order valence-electron chi connectivity index (χ3n) is 4.53. The van der Waals surface area contributed by atoms with Gasteiger partial charge in [0.25, 0.3) is 11.5 Å².